The molecule has 0 aliphatic rings. The summed E-state index contributed by atoms with van der Waals surface area (Å²) in [5.41, 5.74) is 3.41. The predicted molar refractivity (Wildman–Crippen MR) is 89.6 cm³/mol. The standard InChI is InChI=1S/C18H15N3O3/c1-21-15-10-12(4-8-16(15)24-18(21)23)5-9-17(22)20-14-6-2-13(11-19)3-7-14/h2-4,6-8,10H,5,9H2,1H3,(H,20,22). The number of anilines is 1. The molecule has 1 N–H and O–H groups in total. The quantitative estimate of drug-likeness (QED) is 0.800. The van der Waals surface area contributed by atoms with Crippen LogP contribution in [0.5, 0.6) is 0 Å². The van der Waals surface area contributed by atoms with E-state index >= 15 is 0 Å². The summed E-state index contributed by atoms with van der Waals surface area (Å²) in [6.45, 7) is 0. The van der Waals surface area contributed by atoms with E-state index in [-0.39, 0.29) is 5.91 Å². The van der Waals surface area contributed by atoms with E-state index in [1.807, 2.05) is 18.2 Å². The zero-order valence-corrected chi connectivity index (χ0v) is 13.1. The van der Waals surface area contributed by atoms with Gasteiger partial charge in [0.1, 0.15) is 0 Å². The van der Waals surface area contributed by atoms with Gasteiger partial charge in [-0.2, -0.15) is 5.26 Å². The van der Waals surface area contributed by atoms with Gasteiger partial charge in [0.25, 0.3) is 0 Å². The summed E-state index contributed by atoms with van der Waals surface area (Å²) in [6, 6.07) is 14.2. The Morgan fingerprint density at radius 2 is 2.00 bits per heavy atom. The van der Waals surface area contributed by atoms with E-state index in [0.717, 1.165) is 5.56 Å². The predicted octanol–water partition coefficient (Wildman–Crippen LogP) is 2.57. The van der Waals surface area contributed by atoms with Gasteiger partial charge in [0, 0.05) is 19.2 Å². The van der Waals surface area contributed by atoms with Crippen LogP contribution in [0.2, 0.25) is 0 Å². The first-order valence-electron chi connectivity index (χ1n) is 7.45. The molecule has 0 fully saturated rings. The summed E-state index contributed by atoms with van der Waals surface area (Å²) < 4.78 is 6.52. The third-order valence-electron chi connectivity index (χ3n) is 3.79. The lowest BCUT2D eigenvalue weighted by molar-refractivity contribution is -0.116. The van der Waals surface area contributed by atoms with Crippen molar-refractivity contribution in [2.75, 3.05) is 5.32 Å². The molecule has 1 amide bonds. The van der Waals surface area contributed by atoms with Gasteiger partial charge in [0.2, 0.25) is 5.91 Å². The highest BCUT2D eigenvalue weighted by atomic mass is 16.4. The van der Waals surface area contributed by atoms with Crippen molar-refractivity contribution in [3.05, 3.63) is 64.1 Å². The fourth-order valence-electron chi connectivity index (χ4n) is 2.44. The Kier molecular flexibility index (Phi) is 4.17. The molecular formula is C18H15N3O3. The average molecular weight is 321 g/mol. The molecule has 120 valence electrons. The normalized spacial score (nSPS) is 10.5. The number of aryl methyl sites for hydroxylation is 2. The van der Waals surface area contributed by atoms with Crippen molar-refractivity contribution in [3.63, 3.8) is 0 Å². The monoisotopic (exact) mass is 321 g/mol. The number of carbonyl (C=O) groups excluding carboxylic acids is 1. The first kappa shape index (κ1) is 15.6. The Morgan fingerprint density at radius 1 is 1.25 bits per heavy atom. The highest BCUT2D eigenvalue weighted by Crippen LogP contribution is 2.16. The number of rotatable bonds is 4. The second-order valence-corrected chi connectivity index (χ2v) is 5.47. The third kappa shape index (κ3) is 3.20. The summed E-state index contributed by atoms with van der Waals surface area (Å²) in [7, 11) is 1.65. The Bertz CT molecular complexity index is 991. The van der Waals surface area contributed by atoms with Crippen LogP contribution in [0.1, 0.15) is 17.5 Å². The summed E-state index contributed by atoms with van der Waals surface area (Å²) in [5.74, 6) is -0.512. The van der Waals surface area contributed by atoms with Crippen molar-refractivity contribution in [2.45, 2.75) is 12.8 Å². The summed E-state index contributed by atoms with van der Waals surface area (Å²) >= 11 is 0. The molecule has 0 atom stereocenters. The molecule has 0 aliphatic carbocycles. The smallest absolute Gasteiger partial charge is 0.408 e. The van der Waals surface area contributed by atoms with Crippen molar-refractivity contribution in [3.8, 4) is 6.07 Å². The number of amides is 1. The Balaban J connectivity index is 1.64. The first-order valence-corrected chi connectivity index (χ1v) is 7.45. The molecule has 1 heterocycles. The molecule has 3 aromatic rings. The molecule has 2 aromatic carbocycles. The topological polar surface area (TPSA) is 88.0 Å². The molecule has 0 saturated heterocycles. The van der Waals surface area contributed by atoms with Crippen LogP contribution in [-0.4, -0.2) is 10.5 Å². The van der Waals surface area contributed by atoms with Crippen LogP contribution >= 0.6 is 0 Å². The van der Waals surface area contributed by atoms with Crippen molar-refractivity contribution in [1.29, 1.82) is 5.26 Å². The number of nitriles is 1. The highest BCUT2D eigenvalue weighted by molar-refractivity contribution is 5.90. The lowest BCUT2D eigenvalue weighted by Gasteiger charge is -2.05. The fourth-order valence-corrected chi connectivity index (χ4v) is 2.44. The Morgan fingerprint density at radius 3 is 2.71 bits per heavy atom. The molecule has 0 spiro atoms. The zero-order valence-electron chi connectivity index (χ0n) is 13.1. The minimum atomic E-state index is -0.402. The Hall–Kier alpha value is -3.33. The molecule has 24 heavy (non-hydrogen) atoms. The number of oxazole rings is 1. The van der Waals surface area contributed by atoms with Crippen molar-refractivity contribution < 1.29 is 9.21 Å². The second kappa shape index (κ2) is 6.42. The van der Waals surface area contributed by atoms with E-state index in [0.29, 0.717) is 35.2 Å². The van der Waals surface area contributed by atoms with Crippen LogP contribution in [0.25, 0.3) is 11.1 Å². The van der Waals surface area contributed by atoms with Gasteiger partial charge in [-0.1, -0.05) is 6.07 Å². The molecule has 0 saturated carbocycles. The van der Waals surface area contributed by atoms with E-state index < -0.39 is 5.76 Å². The molecular weight excluding hydrogens is 306 g/mol. The first-order chi connectivity index (χ1) is 11.6. The maximum absolute atomic E-state index is 12.0. The van der Waals surface area contributed by atoms with E-state index in [2.05, 4.69) is 5.32 Å². The number of nitrogens with one attached hydrogen (secondary N) is 1. The van der Waals surface area contributed by atoms with Crippen LogP contribution in [-0.2, 0) is 18.3 Å². The molecule has 0 radical (unpaired) electrons. The molecule has 0 unspecified atom stereocenters. The van der Waals surface area contributed by atoms with E-state index in [1.54, 1.807) is 37.4 Å². The molecule has 0 aliphatic heterocycles. The van der Waals surface area contributed by atoms with E-state index in [4.69, 9.17) is 9.68 Å². The molecule has 3 rings (SSSR count). The minimum absolute atomic E-state index is 0.110. The van der Waals surface area contributed by atoms with Gasteiger partial charge in [0.05, 0.1) is 17.1 Å². The molecule has 0 bridgehead atoms. The number of hydrogen-bond donors (Lipinski definition) is 1. The van der Waals surface area contributed by atoms with Crippen molar-refractivity contribution in [1.82, 2.24) is 4.57 Å². The molecule has 6 nitrogen and oxygen atoms in total. The fraction of sp³-hybridized carbons (Fsp3) is 0.167. The van der Waals surface area contributed by atoms with Gasteiger partial charge in [-0.25, -0.2) is 4.79 Å². The summed E-state index contributed by atoms with van der Waals surface area (Å²) in [6.07, 6.45) is 0.870. The van der Waals surface area contributed by atoms with Crippen LogP contribution < -0.4 is 11.1 Å². The molecule has 1 aromatic heterocycles. The molecule has 6 heteroatoms. The number of fused-ring (bicyclic) bond motifs is 1. The Labute approximate surface area is 137 Å². The van der Waals surface area contributed by atoms with Crippen LogP contribution in [0.4, 0.5) is 5.69 Å². The average Bonchev–Trinajstić information content (AvgIpc) is 2.88. The summed E-state index contributed by atoms with van der Waals surface area (Å²) in [4.78, 5) is 23.5. The number of nitrogens with zero attached hydrogens (tertiary/aromatic N) is 2. The van der Waals surface area contributed by atoms with E-state index in [9.17, 15) is 9.59 Å². The maximum atomic E-state index is 12.0. The number of benzene rings is 2. The van der Waals surface area contributed by atoms with Crippen LogP contribution in [0, 0.1) is 11.3 Å². The van der Waals surface area contributed by atoms with E-state index in [1.165, 1.54) is 4.57 Å². The van der Waals surface area contributed by atoms with Gasteiger partial charge in [-0.15, -0.1) is 0 Å². The van der Waals surface area contributed by atoms with Crippen LogP contribution in [0.3, 0.4) is 0 Å². The maximum Gasteiger partial charge on any atom is 0.419 e. The lowest BCUT2D eigenvalue weighted by atomic mass is 10.1. The lowest BCUT2D eigenvalue weighted by Crippen LogP contribution is -2.12. The largest absolute Gasteiger partial charge is 0.419 e. The number of carbonyl (C=O) groups is 1. The minimum Gasteiger partial charge on any atom is -0.408 e. The van der Waals surface area contributed by atoms with Gasteiger partial charge in [0.15, 0.2) is 5.58 Å². The van der Waals surface area contributed by atoms with Crippen molar-refractivity contribution in [2.24, 2.45) is 7.05 Å². The van der Waals surface area contributed by atoms with Gasteiger partial charge in [-0.05, 0) is 48.4 Å². The van der Waals surface area contributed by atoms with Gasteiger partial charge in [-0.3, -0.25) is 9.36 Å². The SMILES string of the molecule is Cn1c(=O)oc2ccc(CCC(=O)Nc3ccc(C#N)cc3)cc21. The third-order valence-corrected chi connectivity index (χ3v) is 3.79. The highest BCUT2D eigenvalue weighted by Gasteiger charge is 2.08. The van der Waals surface area contributed by atoms with Gasteiger partial charge >= 0.3 is 5.76 Å². The summed E-state index contributed by atoms with van der Waals surface area (Å²) in [5, 5.41) is 11.5. The van der Waals surface area contributed by atoms with Gasteiger partial charge < -0.3 is 9.73 Å². The second-order valence-electron chi connectivity index (χ2n) is 5.47. The van der Waals surface area contributed by atoms with Crippen molar-refractivity contribution >= 4 is 22.7 Å². The zero-order chi connectivity index (χ0) is 17.1. The number of hydrogen-bond acceptors (Lipinski definition) is 4. The number of aromatic nitrogens is 1. The van der Waals surface area contributed by atoms with Crippen LogP contribution in [0.15, 0.2) is 51.7 Å².